The van der Waals surface area contributed by atoms with Gasteiger partial charge in [-0.05, 0) is 24.7 Å². The number of nitrogens with zero attached hydrogens (tertiary/aromatic N) is 3. The molecule has 0 spiro atoms. The number of benzene rings is 2. The van der Waals surface area contributed by atoms with Gasteiger partial charge in [-0.3, -0.25) is 14.9 Å². The van der Waals surface area contributed by atoms with Gasteiger partial charge < -0.3 is 15.1 Å². The van der Waals surface area contributed by atoms with Crippen LogP contribution in [0.25, 0.3) is 10.1 Å². The maximum atomic E-state index is 12.8. The van der Waals surface area contributed by atoms with E-state index in [1.807, 2.05) is 6.07 Å². The molecule has 4 rings (SSSR count). The second kappa shape index (κ2) is 9.00. The minimum Gasteiger partial charge on any atom is -0.368 e. The molecule has 1 aliphatic heterocycles. The molecule has 0 aliphatic carbocycles. The van der Waals surface area contributed by atoms with Crippen LogP contribution in [0.5, 0.6) is 0 Å². The normalized spacial score (nSPS) is 14.7. The second-order valence-corrected chi connectivity index (χ2v) is 9.00. The van der Waals surface area contributed by atoms with Crippen molar-refractivity contribution in [2.75, 3.05) is 42.9 Å². The van der Waals surface area contributed by atoms with E-state index in [4.69, 9.17) is 23.2 Å². The molecule has 3 aromatic rings. The van der Waals surface area contributed by atoms with Gasteiger partial charge in [-0.2, -0.15) is 0 Å². The molecule has 1 saturated heterocycles. The van der Waals surface area contributed by atoms with Crippen LogP contribution >= 0.6 is 34.5 Å². The number of nitro benzene ring substituents is 1. The maximum Gasteiger partial charge on any atom is 0.287 e. The quantitative estimate of drug-likeness (QED) is 0.386. The van der Waals surface area contributed by atoms with E-state index in [0.717, 1.165) is 49.7 Å². The van der Waals surface area contributed by atoms with Crippen LogP contribution in [0.1, 0.15) is 16.6 Å². The maximum absolute atomic E-state index is 12.8. The summed E-state index contributed by atoms with van der Waals surface area (Å²) in [6, 6.07) is 10.0. The Bertz CT molecular complexity index is 1160. The number of amides is 1. The van der Waals surface area contributed by atoms with E-state index >= 15 is 0 Å². The van der Waals surface area contributed by atoms with Gasteiger partial charge >= 0.3 is 0 Å². The molecular formula is C21H20Cl2N4O3S. The minimum absolute atomic E-state index is 0.0704. The fourth-order valence-corrected chi connectivity index (χ4v) is 5.49. The van der Waals surface area contributed by atoms with E-state index in [1.165, 1.54) is 6.07 Å². The first kappa shape index (κ1) is 21.8. The minimum atomic E-state index is -0.477. The second-order valence-electron chi connectivity index (χ2n) is 7.20. The Morgan fingerprint density at radius 3 is 2.58 bits per heavy atom. The monoisotopic (exact) mass is 478 g/mol. The Morgan fingerprint density at radius 1 is 1.19 bits per heavy atom. The van der Waals surface area contributed by atoms with Crippen LogP contribution in [0.4, 0.5) is 17.1 Å². The lowest BCUT2D eigenvalue weighted by molar-refractivity contribution is -0.382. The van der Waals surface area contributed by atoms with Crippen molar-refractivity contribution in [2.45, 2.75) is 6.92 Å². The third kappa shape index (κ3) is 4.34. The number of halogens is 2. The van der Waals surface area contributed by atoms with Crippen LogP contribution in [0.2, 0.25) is 10.0 Å². The number of non-ortho nitro benzene ring substituents is 1. The first-order chi connectivity index (χ1) is 14.9. The number of thiophene rings is 1. The van der Waals surface area contributed by atoms with Crippen molar-refractivity contribution in [3.8, 4) is 0 Å². The fourth-order valence-electron chi connectivity index (χ4n) is 3.70. The van der Waals surface area contributed by atoms with Crippen molar-refractivity contribution in [2.24, 2.45) is 0 Å². The van der Waals surface area contributed by atoms with Gasteiger partial charge in [0.2, 0.25) is 0 Å². The number of hydrogen-bond acceptors (Lipinski definition) is 6. The van der Waals surface area contributed by atoms with Crippen molar-refractivity contribution in [3.63, 3.8) is 0 Å². The highest BCUT2D eigenvalue weighted by molar-refractivity contribution is 7.22. The third-order valence-corrected chi connectivity index (χ3v) is 7.44. The molecular weight excluding hydrogens is 459 g/mol. The number of rotatable bonds is 5. The predicted molar refractivity (Wildman–Crippen MR) is 127 cm³/mol. The van der Waals surface area contributed by atoms with Crippen LogP contribution < -0.4 is 10.2 Å². The van der Waals surface area contributed by atoms with E-state index in [2.05, 4.69) is 22.0 Å². The zero-order valence-corrected chi connectivity index (χ0v) is 19.1. The number of likely N-dealkylation sites (N-methyl/N-ethyl adjacent to an activating group) is 1. The standard InChI is InChI=1S/C21H20Cl2N4O3S/c1-2-25-8-10-26(11-9-25)16-7-6-13(12-15(16)22)24-21(28)20-18(23)14-4-3-5-17(27(29)30)19(14)31-20/h3-7,12H,2,8-11H2,1H3,(H,24,28). The van der Waals surface area contributed by atoms with Gasteiger partial charge in [-0.1, -0.05) is 42.3 Å². The topological polar surface area (TPSA) is 78.7 Å². The summed E-state index contributed by atoms with van der Waals surface area (Å²) in [4.78, 5) is 28.5. The summed E-state index contributed by atoms with van der Waals surface area (Å²) < 4.78 is 0.377. The molecule has 0 atom stereocenters. The van der Waals surface area contributed by atoms with Crippen LogP contribution in [-0.4, -0.2) is 48.5 Å². The number of carbonyl (C=O) groups is 1. The van der Waals surface area contributed by atoms with Gasteiger partial charge in [-0.25, -0.2) is 0 Å². The number of carbonyl (C=O) groups excluding carboxylic acids is 1. The molecule has 31 heavy (non-hydrogen) atoms. The highest BCUT2D eigenvalue weighted by atomic mass is 35.5. The van der Waals surface area contributed by atoms with Crippen LogP contribution in [0, 0.1) is 10.1 Å². The summed E-state index contributed by atoms with van der Waals surface area (Å²) in [5, 5.41) is 15.3. The first-order valence-corrected chi connectivity index (χ1v) is 11.4. The molecule has 0 radical (unpaired) electrons. The first-order valence-electron chi connectivity index (χ1n) is 9.82. The summed E-state index contributed by atoms with van der Waals surface area (Å²) in [7, 11) is 0. The van der Waals surface area contributed by atoms with E-state index in [0.29, 0.717) is 20.8 Å². The van der Waals surface area contributed by atoms with Crippen molar-refractivity contribution < 1.29 is 9.72 Å². The Hall–Kier alpha value is -2.39. The molecule has 0 unspecified atom stereocenters. The van der Waals surface area contributed by atoms with Gasteiger partial charge in [-0.15, -0.1) is 11.3 Å². The number of nitrogens with one attached hydrogen (secondary N) is 1. The van der Waals surface area contributed by atoms with Crippen LogP contribution in [0.3, 0.4) is 0 Å². The zero-order chi connectivity index (χ0) is 22.1. The molecule has 162 valence electrons. The van der Waals surface area contributed by atoms with Crippen LogP contribution in [-0.2, 0) is 0 Å². The summed E-state index contributed by atoms with van der Waals surface area (Å²) in [6.45, 7) is 6.96. The zero-order valence-electron chi connectivity index (χ0n) is 16.7. The Balaban J connectivity index is 1.54. The average molecular weight is 479 g/mol. The Morgan fingerprint density at radius 2 is 1.94 bits per heavy atom. The molecule has 0 saturated carbocycles. The summed E-state index contributed by atoms with van der Waals surface area (Å²) in [5.41, 5.74) is 1.40. The van der Waals surface area contributed by atoms with Gasteiger partial charge in [0.25, 0.3) is 11.6 Å². The highest BCUT2D eigenvalue weighted by Crippen LogP contribution is 2.40. The van der Waals surface area contributed by atoms with Gasteiger partial charge in [0, 0.05) is 43.3 Å². The van der Waals surface area contributed by atoms with Crippen molar-refractivity contribution >= 4 is 67.6 Å². The number of fused-ring (bicyclic) bond motifs is 1. The molecule has 1 amide bonds. The summed E-state index contributed by atoms with van der Waals surface area (Å²) in [6.07, 6.45) is 0. The lowest BCUT2D eigenvalue weighted by atomic mass is 10.2. The fraction of sp³-hybridized carbons (Fsp3) is 0.286. The summed E-state index contributed by atoms with van der Waals surface area (Å²) >= 11 is 13.9. The number of hydrogen-bond donors (Lipinski definition) is 1. The number of nitro groups is 1. The van der Waals surface area contributed by atoms with Crippen LogP contribution in [0.15, 0.2) is 36.4 Å². The SMILES string of the molecule is CCN1CCN(c2ccc(NC(=O)c3sc4c([N+](=O)[O-])cccc4c3Cl)cc2Cl)CC1. The Kier molecular flexibility index (Phi) is 6.34. The molecule has 1 aromatic heterocycles. The lowest BCUT2D eigenvalue weighted by Gasteiger charge is -2.36. The lowest BCUT2D eigenvalue weighted by Crippen LogP contribution is -2.46. The van der Waals surface area contributed by atoms with E-state index in [-0.39, 0.29) is 15.6 Å². The smallest absolute Gasteiger partial charge is 0.287 e. The molecule has 1 fully saturated rings. The molecule has 1 aliphatic rings. The molecule has 2 aromatic carbocycles. The molecule has 1 N–H and O–H groups in total. The largest absolute Gasteiger partial charge is 0.368 e. The Labute approximate surface area is 193 Å². The van der Waals surface area contributed by atoms with Gasteiger partial charge in [0.1, 0.15) is 9.58 Å². The third-order valence-electron chi connectivity index (χ3n) is 5.40. The average Bonchev–Trinajstić information content (AvgIpc) is 3.11. The van der Waals surface area contributed by atoms with Gasteiger partial charge in [0.15, 0.2) is 0 Å². The summed E-state index contributed by atoms with van der Waals surface area (Å²) in [5.74, 6) is -0.430. The van der Waals surface area contributed by atoms with Crippen molar-refractivity contribution in [1.82, 2.24) is 4.90 Å². The van der Waals surface area contributed by atoms with E-state index < -0.39 is 10.8 Å². The number of piperazine rings is 1. The predicted octanol–water partition coefficient (Wildman–Crippen LogP) is 5.51. The van der Waals surface area contributed by atoms with E-state index in [9.17, 15) is 14.9 Å². The molecule has 0 bridgehead atoms. The number of anilines is 2. The van der Waals surface area contributed by atoms with Gasteiger partial charge in [0.05, 0.1) is 20.7 Å². The van der Waals surface area contributed by atoms with E-state index in [1.54, 1.807) is 24.3 Å². The molecule has 10 heteroatoms. The molecule has 7 nitrogen and oxygen atoms in total. The molecule has 2 heterocycles. The van der Waals surface area contributed by atoms with Crippen molar-refractivity contribution in [3.05, 3.63) is 61.4 Å². The highest BCUT2D eigenvalue weighted by Gasteiger charge is 2.23. The van der Waals surface area contributed by atoms with Crippen molar-refractivity contribution in [1.29, 1.82) is 0 Å².